The lowest BCUT2D eigenvalue weighted by molar-refractivity contribution is -0.129. The molecular formula is C28H37N5O3S. The fourth-order valence-electron chi connectivity index (χ4n) is 6.24. The summed E-state index contributed by atoms with van der Waals surface area (Å²) in [4.78, 5) is 42.4. The van der Waals surface area contributed by atoms with Crippen molar-refractivity contribution in [2.24, 2.45) is 11.8 Å². The van der Waals surface area contributed by atoms with Crippen LogP contribution in [0, 0.1) is 11.8 Å². The number of carbonyl (C=O) groups excluding carboxylic acids is 3. The second-order valence-corrected chi connectivity index (χ2v) is 12.8. The van der Waals surface area contributed by atoms with Gasteiger partial charge in [-0.3, -0.25) is 19.0 Å². The highest BCUT2D eigenvalue weighted by atomic mass is 32.1. The number of rotatable bonds is 10. The summed E-state index contributed by atoms with van der Waals surface area (Å²) in [6.07, 6.45) is 11.8. The van der Waals surface area contributed by atoms with E-state index in [2.05, 4.69) is 27.0 Å². The first-order valence-corrected chi connectivity index (χ1v) is 14.8. The van der Waals surface area contributed by atoms with Crippen LogP contribution < -0.4 is 5.32 Å². The van der Waals surface area contributed by atoms with Gasteiger partial charge in [0.1, 0.15) is 12.1 Å². The predicted molar refractivity (Wildman–Crippen MR) is 142 cm³/mol. The minimum absolute atomic E-state index is 0.0970. The third-order valence-electron chi connectivity index (χ3n) is 8.87. The SMILES string of the molecule is CC(=O)N1CCC(Nc2nncn2[C@H]2CCc3sc(CC(=O)C4CC4)c(C(=O)CCC4CC4)c3C2)C1C. The molecule has 2 saturated carbocycles. The van der Waals surface area contributed by atoms with Gasteiger partial charge in [0.05, 0.1) is 6.04 Å². The number of nitrogens with one attached hydrogen (secondary N) is 1. The standard InChI is InChI=1S/C28H37N5O3S/c1-16-22(11-12-32(16)17(2)34)30-28-31-29-15-33(28)20-8-10-25-21(13-20)27(23(35)9-5-18-3-4-18)26(37-25)14-24(36)19-6-7-19/h15-16,18-20,22H,3-14H2,1-2H3,(H,30,31)/t16?,20-,22?/m0/s1. The summed E-state index contributed by atoms with van der Waals surface area (Å²) < 4.78 is 2.12. The molecule has 198 valence electrons. The van der Waals surface area contributed by atoms with E-state index in [1.807, 2.05) is 4.90 Å². The number of fused-ring (bicyclic) bond motifs is 1. The van der Waals surface area contributed by atoms with Crippen LogP contribution >= 0.6 is 11.3 Å². The lowest BCUT2D eigenvalue weighted by Gasteiger charge is -2.28. The molecule has 8 nitrogen and oxygen atoms in total. The van der Waals surface area contributed by atoms with Crippen molar-refractivity contribution in [1.29, 1.82) is 0 Å². The zero-order valence-electron chi connectivity index (χ0n) is 21.9. The van der Waals surface area contributed by atoms with Crippen LogP contribution in [-0.2, 0) is 28.9 Å². The Balaban J connectivity index is 1.22. The number of aryl methyl sites for hydroxylation is 1. The van der Waals surface area contributed by atoms with Gasteiger partial charge >= 0.3 is 0 Å². The molecule has 1 aliphatic heterocycles. The Kier molecular flexibility index (Phi) is 6.67. The van der Waals surface area contributed by atoms with Gasteiger partial charge in [-0.25, -0.2) is 0 Å². The number of anilines is 1. The first-order valence-electron chi connectivity index (χ1n) is 14.0. The summed E-state index contributed by atoms with van der Waals surface area (Å²) in [5.41, 5.74) is 2.03. The zero-order valence-corrected chi connectivity index (χ0v) is 22.7. The van der Waals surface area contributed by atoms with E-state index in [-0.39, 0.29) is 35.7 Å². The minimum atomic E-state index is 0.0970. The number of carbonyl (C=O) groups is 3. The molecule has 6 rings (SSSR count). The summed E-state index contributed by atoms with van der Waals surface area (Å²) in [7, 11) is 0. The lowest BCUT2D eigenvalue weighted by Crippen LogP contribution is -2.39. The van der Waals surface area contributed by atoms with Crippen LogP contribution in [-0.4, -0.2) is 55.8 Å². The molecule has 1 saturated heterocycles. The molecule has 2 unspecified atom stereocenters. The third kappa shape index (κ3) is 5.11. The number of ketones is 2. The molecule has 3 heterocycles. The van der Waals surface area contributed by atoms with E-state index in [4.69, 9.17) is 0 Å². The van der Waals surface area contributed by atoms with Crippen LogP contribution in [0.4, 0.5) is 5.95 Å². The molecule has 9 heteroatoms. The van der Waals surface area contributed by atoms with E-state index < -0.39 is 0 Å². The van der Waals surface area contributed by atoms with Gasteiger partial charge in [0.2, 0.25) is 11.9 Å². The second kappa shape index (κ2) is 9.97. The maximum atomic E-state index is 13.5. The van der Waals surface area contributed by atoms with E-state index in [1.54, 1.807) is 24.6 Å². The average molecular weight is 524 g/mol. The van der Waals surface area contributed by atoms with Gasteiger partial charge in [0.25, 0.3) is 0 Å². The number of hydrogen-bond donors (Lipinski definition) is 1. The van der Waals surface area contributed by atoms with Crippen molar-refractivity contribution >= 4 is 34.8 Å². The van der Waals surface area contributed by atoms with E-state index in [0.29, 0.717) is 24.5 Å². The van der Waals surface area contributed by atoms with E-state index in [9.17, 15) is 14.4 Å². The zero-order chi connectivity index (χ0) is 25.7. The van der Waals surface area contributed by atoms with Crippen LogP contribution in [0.15, 0.2) is 6.33 Å². The molecule has 3 atom stereocenters. The quantitative estimate of drug-likeness (QED) is 0.464. The van der Waals surface area contributed by atoms with Crippen molar-refractivity contribution in [1.82, 2.24) is 19.7 Å². The van der Waals surface area contributed by atoms with Crippen molar-refractivity contribution in [2.75, 3.05) is 11.9 Å². The maximum Gasteiger partial charge on any atom is 0.224 e. The van der Waals surface area contributed by atoms with Crippen LogP contribution in [0.1, 0.15) is 96.9 Å². The van der Waals surface area contributed by atoms with Crippen molar-refractivity contribution in [3.8, 4) is 0 Å². The molecule has 0 radical (unpaired) electrons. The maximum absolute atomic E-state index is 13.5. The predicted octanol–water partition coefficient (Wildman–Crippen LogP) is 4.39. The summed E-state index contributed by atoms with van der Waals surface area (Å²) in [5, 5.41) is 12.2. The Morgan fingerprint density at radius 3 is 2.65 bits per heavy atom. The normalized spacial score (nSPS) is 25.2. The molecule has 1 N–H and O–H groups in total. The van der Waals surface area contributed by atoms with Gasteiger partial charge in [0, 0.05) is 59.6 Å². The summed E-state index contributed by atoms with van der Waals surface area (Å²) in [5.74, 6) is 2.30. The number of nitrogens with zero attached hydrogens (tertiary/aromatic N) is 4. The summed E-state index contributed by atoms with van der Waals surface area (Å²) in [6, 6.07) is 0.383. The van der Waals surface area contributed by atoms with Gasteiger partial charge in [-0.05, 0) is 63.4 Å². The van der Waals surface area contributed by atoms with E-state index >= 15 is 0 Å². The smallest absolute Gasteiger partial charge is 0.224 e. The Hall–Kier alpha value is -2.55. The monoisotopic (exact) mass is 523 g/mol. The van der Waals surface area contributed by atoms with Gasteiger partial charge in [0.15, 0.2) is 5.78 Å². The second-order valence-electron chi connectivity index (χ2n) is 11.6. The highest BCUT2D eigenvalue weighted by Gasteiger charge is 2.36. The molecule has 3 aliphatic carbocycles. The number of aromatic nitrogens is 3. The number of thiophene rings is 1. The molecular weight excluding hydrogens is 486 g/mol. The van der Waals surface area contributed by atoms with Crippen LogP contribution in [0.2, 0.25) is 0 Å². The van der Waals surface area contributed by atoms with Crippen molar-refractivity contribution in [2.45, 2.75) is 103 Å². The number of amides is 1. The molecule has 2 aromatic rings. The third-order valence-corrected chi connectivity index (χ3v) is 10.2. The highest BCUT2D eigenvalue weighted by molar-refractivity contribution is 7.12. The Labute approximate surface area is 222 Å². The molecule has 3 fully saturated rings. The van der Waals surface area contributed by atoms with Crippen molar-refractivity contribution < 1.29 is 14.4 Å². The topological polar surface area (TPSA) is 97.2 Å². The molecule has 2 aromatic heterocycles. The fourth-order valence-corrected chi connectivity index (χ4v) is 7.62. The Morgan fingerprint density at radius 1 is 1.14 bits per heavy atom. The molecule has 37 heavy (non-hydrogen) atoms. The van der Waals surface area contributed by atoms with E-state index in [0.717, 1.165) is 73.4 Å². The highest BCUT2D eigenvalue weighted by Crippen LogP contribution is 2.42. The fraction of sp³-hybridized carbons (Fsp3) is 0.679. The molecule has 0 bridgehead atoms. The first kappa shape index (κ1) is 24.8. The molecule has 1 amide bonds. The van der Waals surface area contributed by atoms with Gasteiger partial charge in [-0.1, -0.05) is 12.8 Å². The lowest BCUT2D eigenvalue weighted by atomic mass is 9.88. The van der Waals surface area contributed by atoms with Gasteiger partial charge in [-0.2, -0.15) is 0 Å². The van der Waals surface area contributed by atoms with Gasteiger partial charge < -0.3 is 10.2 Å². The summed E-state index contributed by atoms with van der Waals surface area (Å²) in [6.45, 7) is 4.45. The van der Waals surface area contributed by atoms with E-state index in [1.165, 1.54) is 17.7 Å². The van der Waals surface area contributed by atoms with Crippen molar-refractivity contribution in [3.63, 3.8) is 0 Å². The molecule has 4 aliphatic rings. The van der Waals surface area contributed by atoms with Crippen LogP contribution in [0.25, 0.3) is 0 Å². The van der Waals surface area contributed by atoms with Crippen molar-refractivity contribution in [3.05, 3.63) is 27.2 Å². The molecule has 0 spiro atoms. The Morgan fingerprint density at radius 2 is 1.95 bits per heavy atom. The number of Topliss-reactive ketones (excluding diaryl/α,β-unsaturated/α-hetero) is 2. The number of likely N-dealkylation sites (tertiary alicyclic amines) is 1. The molecule has 0 aromatic carbocycles. The van der Waals surface area contributed by atoms with Crippen LogP contribution in [0.3, 0.4) is 0 Å². The van der Waals surface area contributed by atoms with Crippen LogP contribution in [0.5, 0.6) is 0 Å². The average Bonchev–Trinajstić information content (AvgIpc) is 3.78. The van der Waals surface area contributed by atoms with Gasteiger partial charge in [-0.15, -0.1) is 21.5 Å². The largest absolute Gasteiger partial charge is 0.349 e. The minimum Gasteiger partial charge on any atom is -0.349 e. The summed E-state index contributed by atoms with van der Waals surface area (Å²) >= 11 is 1.71. The first-order chi connectivity index (χ1) is 17.9. The Bertz CT molecular complexity index is 1210. The number of hydrogen-bond acceptors (Lipinski definition) is 7.